The molecule has 0 aliphatic carbocycles. The van der Waals surface area contributed by atoms with Crippen molar-refractivity contribution in [1.82, 2.24) is 4.98 Å². The van der Waals surface area contributed by atoms with E-state index in [1.807, 2.05) is 0 Å². The van der Waals surface area contributed by atoms with Crippen LogP contribution in [-0.2, 0) is 0 Å². The van der Waals surface area contributed by atoms with Gasteiger partial charge in [-0.25, -0.2) is 4.79 Å². The maximum atomic E-state index is 11.9. The van der Waals surface area contributed by atoms with Gasteiger partial charge in [0.25, 0.3) is 5.91 Å². The zero-order valence-electron chi connectivity index (χ0n) is 10.6. The van der Waals surface area contributed by atoms with Gasteiger partial charge in [0.1, 0.15) is 5.69 Å². The van der Waals surface area contributed by atoms with E-state index in [0.29, 0.717) is 11.3 Å². The van der Waals surface area contributed by atoms with Crippen LogP contribution in [-0.4, -0.2) is 22.0 Å². The third kappa shape index (κ3) is 2.92. The van der Waals surface area contributed by atoms with Crippen molar-refractivity contribution in [3.05, 3.63) is 63.6 Å². The first-order chi connectivity index (χ1) is 9.47. The van der Waals surface area contributed by atoms with Crippen LogP contribution in [0.4, 0.5) is 5.69 Å². The molecule has 3 N–H and O–H groups in total. The minimum Gasteiger partial charge on any atom is -0.478 e. The van der Waals surface area contributed by atoms with Crippen molar-refractivity contribution in [3.8, 4) is 0 Å². The summed E-state index contributed by atoms with van der Waals surface area (Å²) < 4.78 is 0. The molecule has 0 radical (unpaired) electrons. The number of benzene rings is 1. The number of aromatic amines is 1. The number of carbonyl (C=O) groups is 2. The van der Waals surface area contributed by atoms with Gasteiger partial charge >= 0.3 is 5.97 Å². The van der Waals surface area contributed by atoms with Crippen molar-refractivity contribution in [2.75, 3.05) is 5.32 Å². The number of nitrogens with one attached hydrogen (secondary N) is 2. The minimum absolute atomic E-state index is 0.138. The number of hydrogen-bond donors (Lipinski definition) is 3. The van der Waals surface area contributed by atoms with Crippen LogP contribution in [0, 0.1) is 6.92 Å². The van der Waals surface area contributed by atoms with E-state index in [2.05, 4.69) is 10.3 Å². The molecule has 1 aromatic heterocycles. The van der Waals surface area contributed by atoms with Crippen LogP contribution in [0.25, 0.3) is 0 Å². The Morgan fingerprint density at radius 2 is 1.95 bits per heavy atom. The second kappa shape index (κ2) is 5.40. The molecule has 0 aliphatic rings. The SMILES string of the molecule is Cc1cc(C(=O)O)ccc1NC(=O)c1cccc(=O)[nH]1. The Kier molecular flexibility index (Phi) is 3.65. The smallest absolute Gasteiger partial charge is 0.335 e. The molecule has 0 unspecified atom stereocenters. The summed E-state index contributed by atoms with van der Waals surface area (Å²) in [5, 5.41) is 11.5. The lowest BCUT2D eigenvalue weighted by molar-refractivity contribution is 0.0696. The Morgan fingerprint density at radius 3 is 2.55 bits per heavy atom. The third-order valence-corrected chi connectivity index (χ3v) is 2.73. The van der Waals surface area contributed by atoms with Gasteiger partial charge in [0, 0.05) is 11.8 Å². The minimum atomic E-state index is -1.03. The Balaban J connectivity index is 2.24. The summed E-state index contributed by atoms with van der Waals surface area (Å²) in [5.74, 6) is -1.49. The first-order valence-corrected chi connectivity index (χ1v) is 5.82. The Labute approximate surface area is 114 Å². The van der Waals surface area contributed by atoms with Gasteiger partial charge in [-0.15, -0.1) is 0 Å². The molecule has 1 aromatic carbocycles. The van der Waals surface area contributed by atoms with Gasteiger partial charge in [0.2, 0.25) is 5.56 Å². The molecule has 1 amide bonds. The molecule has 6 heteroatoms. The average molecular weight is 272 g/mol. The van der Waals surface area contributed by atoms with Crippen molar-refractivity contribution in [2.45, 2.75) is 6.92 Å². The molecule has 0 saturated carbocycles. The summed E-state index contributed by atoms with van der Waals surface area (Å²) in [7, 11) is 0. The highest BCUT2D eigenvalue weighted by Crippen LogP contribution is 2.17. The standard InChI is InChI=1S/C14H12N2O4/c1-8-7-9(14(19)20)5-6-10(8)16-13(18)11-3-2-4-12(17)15-11/h2-7H,1H3,(H,15,17)(H,16,18)(H,19,20). The fourth-order valence-electron chi connectivity index (χ4n) is 1.71. The molecular formula is C14H12N2O4. The number of aryl methyl sites for hydroxylation is 1. The number of carboxylic acids is 1. The molecule has 102 valence electrons. The number of aromatic carboxylic acids is 1. The van der Waals surface area contributed by atoms with Gasteiger partial charge in [0.05, 0.1) is 5.56 Å². The predicted molar refractivity (Wildman–Crippen MR) is 73.2 cm³/mol. The predicted octanol–water partition coefficient (Wildman–Crippen LogP) is 1.63. The van der Waals surface area contributed by atoms with E-state index in [9.17, 15) is 14.4 Å². The van der Waals surface area contributed by atoms with Crippen LogP contribution >= 0.6 is 0 Å². The largest absolute Gasteiger partial charge is 0.478 e. The summed E-state index contributed by atoms with van der Waals surface area (Å²) in [4.78, 5) is 36.3. The van der Waals surface area contributed by atoms with E-state index in [1.54, 1.807) is 6.92 Å². The summed E-state index contributed by atoms with van der Waals surface area (Å²) in [6.07, 6.45) is 0. The van der Waals surface area contributed by atoms with Crippen molar-refractivity contribution >= 4 is 17.6 Å². The van der Waals surface area contributed by atoms with Gasteiger partial charge < -0.3 is 15.4 Å². The quantitative estimate of drug-likeness (QED) is 0.790. The number of hydrogen-bond acceptors (Lipinski definition) is 3. The highest BCUT2D eigenvalue weighted by Gasteiger charge is 2.10. The first-order valence-electron chi connectivity index (χ1n) is 5.82. The number of pyridine rings is 1. The Bertz CT molecular complexity index is 734. The first kappa shape index (κ1) is 13.5. The number of amides is 1. The number of aromatic nitrogens is 1. The van der Waals surface area contributed by atoms with Gasteiger partial charge in [-0.3, -0.25) is 9.59 Å². The summed E-state index contributed by atoms with van der Waals surface area (Å²) in [6.45, 7) is 1.69. The van der Waals surface area contributed by atoms with Gasteiger partial charge in [-0.1, -0.05) is 6.07 Å². The van der Waals surface area contributed by atoms with Crippen LogP contribution in [0.1, 0.15) is 26.4 Å². The molecule has 1 heterocycles. The number of anilines is 1. The van der Waals surface area contributed by atoms with E-state index in [1.165, 1.54) is 36.4 Å². The van der Waals surface area contributed by atoms with Crippen molar-refractivity contribution in [2.24, 2.45) is 0 Å². The van der Waals surface area contributed by atoms with E-state index in [-0.39, 0.29) is 16.8 Å². The zero-order chi connectivity index (χ0) is 14.7. The van der Waals surface area contributed by atoms with Crippen LogP contribution in [0.15, 0.2) is 41.2 Å². The second-order valence-corrected chi connectivity index (χ2v) is 4.22. The second-order valence-electron chi connectivity index (χ2n) is 4.22. The van der Waals surface area contributed by atoms with Crippen LogP contribution in [0.3, 0.4) is 0 Å². The molecule has 0 spiro atoms. The molecule has 0 saturated heterocycles. The average Bonchev–Trinajstić information content (AvgIpc) is 2.40. The van der Waals surface area contributed by atoms with E-state index in [4.69, 9.17) is 5.11 Å². The molecule has 2 rings (SSSR count). The Hall–Kier alpha value is -2.89. The molecule has 0 atom stereocenters. The third-order valence-electron chi connectivity index (χ3n) is 2.73. The summed E-state index contributed by atoms with van der Waals surface area (Å²) in [6, 6.07) is 8.65. The zero-order valence-corrected chi connectivity index (χ0v) is 10.6. The van der Waals surface area contributed by atoms with Gasteiger partial charge in [0.15, 0.2) is 0 Å². The lowest BCUT2D eigenvalue weighted by Crippen LogP contribution is -2.18. The molecule has 0 fully saturated rings. The summed E-state index contributed by atoms with van der Waals surface area (Å²) >= 11 is 0. The van der Waals surface area contributed by atoms with Crippen molar-refractivity contribution < 1.29 is 14.7 Å². The molecule has 0 bridgehead atoms. The number of H-pyrrole nitrogens is 1. The van der Waals surface area contributed by atoms with E-state index < -0.39 is 11.9 Å². The fourth-order valence-corrected chi connectivity index (χ4v) is 1.71. The highest BCUT2D eigenvalue weighted by molar-refractivity contribution is 6.03. The molecule has 20 heavy (non-hydrogen) atoms. The van der Waals surface area contributed by atoms with Gasteiger partial charge in [-0.05, 0) is 36.8 Å². The molecular weight excluding hydrogens is 260 g/mol. The fraction of sp³-hybridized carbons (Fsp3) is 0.0714. The monoisotopic (exact) mass is 272 g/mol. The van der Waals surface area contributed by atoms with Crippen LogP contribution < -0.4 is 10.9 Å². The van der Waals surface area contributed by atoms with Crippen molar-refractivity contribution in [1.29, 1.82) is 0 Å². The number of carbonyl (C=O) groups excluding carboxylic acids is 1. The highest BCUT2D eigenvalue weighted by atomic mass is 16.4. The molecule has 0 aliphatic heterocycles. The topological polar surface area (TPSA) is 99.3 Å². The van der Waals surface area contributed by atoms with E-state index in [0.717, 1.165) is 0 Å². The maximum Gasteiger partial charge on any atom is 0.335 e. The van der Waals surface area contributed by atoms with E-state index >= 15 is 0 Å². The number of carboxylic acid groups (broad SMARTS) is 1. The summed E-state index contributed by atoms with van der Waals surface area (Å²) in [5.41, 5.74) is 1.03. The van der Waals surface area contributed by atoms with Gasteiger partial charge in [-0.2, -0.15) is 0 Å². The number of rotatable bonds is 3. The van der Waals surface area contributed by atoms with Crippen LogP contribution in [0.5, 0.6) is 0 Å². The lowest BCUT2D eigenvalue weighted by atomic mass is 10.1. The van der Waals surface area contributed by atoms with Crippen molar-refractivity contribution in [3.63, 3.8) is 0 Å². The van der Waals surface area contributed by atoms with Crippen LogP contribution in [0.2, 0.25) is 0 Å². The molecule has 6 nitrogen and oxygen atoms in total. The normalized spacial score (nSPS) is 10.1. The maximum absolute atomic E-state index is 11.9. The Morgan fingerprint density at radius 1 is 1.20 bits per heavy atom. The molecule has 2 aromatic rings. The lowest BCUT2D eigenvalue weighted by Gasteiger charge is -2.08.